The molecule has 0 aliphatic carbocycles. The highest BCUT2D eigenvalue weighted by molar-refractivity contribution is 5.94. The van der Waals surface area contributed by atoms with Crippen LogP contribution in [0.25, 0.3) is 0 Å². The molecular weight excluding hydrogens is 254 g/mol. The highest BCUT2D eigenvalue weighted by Crippen LogP contribution is 2.19. The molecule has 2 amide bonds. The molecule has 0 unspecified atom stereocenters. The number of nitrogens with one attached hydrogen (secondary N) is 1. The topological polar surface area (TPSA) is 56.4 Å². The van der Waals surface area contributed by atoms with E-state index in [0.29, 0.717) is 25.2 Å². The molecule has 1 aliphatic heterocycles. The monoisotopic (exact) mass is 277 g/mol. The van der Waals surface area contributed by atoms with Crippen LogP contribution in [0.15, 0.2) is 18.5 Å². The second kappa shape index (κ2) is 5.69. The Labute approximate surface area is 119 Å². The summed E-state index contributed by atoms with van der Waals surface area (Å²) in [6.07, 6.45) is 4.30. The third-order valence-electron chi connectivity index (χ3n) is 3.56. The molecule has 0 bridgehead atoms. The lowest BCUT2D eigenvalue weighted by molar-refractivity contribution is -0.139. The average molecular weight is 277 g/mol. The smallest absolute Gasteiger partial charge is 0.255 e. The van der Waals surface area contributed by atoms with Gasteiger partial charge in [0.25, 0.3) is 5.91 Å². The highest BCUT2D eigenvalue weighted by Gasteiger charge is 2.29. The van der Waals surface area contributed by atoms with Gasteiger partial charge in [0.15, 0.2) is 0 Å². The molecule has 1 N–H and O–H groups in total. The third kappa shape index (κ3) is 3.21. The SMILES string of the molecule is CC(C)(C)C(=O)N1CCCN(C(=O)c2cc[nH]c2)CC1. The predicted molar refractivity (Wildman–Crippen MR) is 77.3 cm³/mol. The lowest BCUT2D eigenvalue weighted by atomic mass is 9.94. The summed E-state index contributed by atoms with van der Waals surface area (Å²) in [6.45, 7) is 8.46. The molecule has 0 atom stereocenters. The van der Waals surface area contributed by atoms with E-state index in [2.05, 4.69) is 4.98 Å². The number of aromatic nitrogens is 1. The average Bonchev–Trinajstić information content (AvgIpc) is 2.80. The Bertz CT molecular complexity index is 474. The molecule has 1 saturated heterocycles. The number of hydrogen-bond donors (Lipinski definition) is 1. The van der Waals surface area contributed by atoms with Gasteiger partial charge < -0.3 is 14.8 Å². The zero-order chi connectivity index (χ0) is 14.8. The molecule has 0 radical (unpaired) electrons. The largest absolute Gasteiger partial charge is 0.367 e. The Kier molecular flexibility index (Phi) is 4.16. The predicted octanol–water partition coefficient (Wildman–Crippen LogP) is 1.74. The minimum Gasteiger partial charge on any atom is -0.367 e. The summed E-state index contributed by atoms with van der Waals surface area (Å²) in [7, 11) is 0. The molecule has 0 saturated carbocycles. The molecule has 20 heavy (non-hydrogen) atoms. The van der Waals surface area contributed by atoms with Crippen molar-refractivity contribution in [3.8, 4) is 0 Å². The van der Waals surface area contributed by atoms with E-state index < -0.39 is 0 Å². The molecule has 0 spiro atoms. The molecule has 5 heteroatoms. The van der Waals surface area contributed by atoms with Crippen molar-refractivity contribution in [2.24, 2.45) is 5.41 Å². The molecule has 0 aromatic carbocycles. The molecule has 1 aromatic rings. The van der Waals surface area contributed by atoms with Gasteiger partial charge in [0.1, 0.15) is 0 Å². The van der Waals surface area contributed by atoms with E-state index in [0.717, 1.165) is 13.0 Å². The van der Waals surface area contributed by atoms with Gasteiger partial charge in [0.2, 0.25) is 5.91 Å². The van der Waals surface area contributed by atoms with E-state index in [-0.39, 0.29) is 17.2 Å². The van der Waals surface area contributed by atoms with E-state index in [1.807, 2.05) is 30.6 Å². The summed E-state index contributed by atoms with van der Waals surface area (Å²) in [5.41, 5.74) is 0.320. The van der Waals surface area contributed by atoms with Crippen molar-refractivity contribution in [1.82, 2.24) is 14.8 Å². The zero-order valence-electron chi connectivity index (χ0n) is 12.5. The first-order chi connectivity index (χ1) is 9.39. The Morgan fingerprint density at radius 1 is 1.10 bits per heavy atom. The normalized spacial score (nSPS) is 16.9. The molecule has 2 rings (SSSR count). The van der Waals surface area contributed by atoms with Gasteiger partial charge >= 0.3 is 0 Å². The lowest BCUT2D eigenvalue weighted by Gasteiger charge is -2.28. The molecule has 5 nitrogen and oxygen atoms in total. The van der Waals surface area contributed by atoms with Crippen molar-refractivity contribution in [2.75, 3.05) is 26.2 Å². The molecule has 2 heterocycles. The number of amides is 2. The summed E-state index contributed by atoms with van der Waals surface area (Å²) >= 11 is 0. The summed E-state index contributed by atoms with van der Waals surface area (Å²) in [4.78, 5) is 31.2. The number of hydrogen-bond acceptors (Lipinski definition) is 2. The fourth-order valence-corrected chi connectivity index (χ4v) is 2.44. The van der Waals surface area contributed by atoms with Crippen LogP contribution in [0.5, 0.6) is 0 Å². The Morgan fingerprint density at radius 3 is 2.35 bits per heavy atom. The lowest BCUT2D eigenvalue weighted by Crippen LogP contribution is -2.42. The number of rotatable bonds is 1. The van der Waals surface area contributed by atoms with Gasteiger partial charge in [0.05, 0.1) is 5.56 Å². The first kappa shape index (κ1) is 14.6. The van der Waals surface area contributed by atoms with E-state index in [9.17, 15) is 9.59 Å². The third-order valence-corrected chi connectivity index (χ3v) is 3.56. The fraction of sp³-hybridized carbons (Fsp3) is 0.600. The van der Waals surface area contributed by atoms with Crippen molar-refractivity contribution in [3.63, 3.8) is 0 Å². The fourth-order valence-electron chi connectivity index (χ4n) is 2.44. The van der Waals surface area contributed by atoms with Gasteiger partial charge in [-0.1, -0.05) is 20.8 Å². The number of aromatic amines is 1. The van der Waals surface area contributed by atoms with Crippen LogP contribution in [0.2, 0.25) is 0 Å². The molecule has 1 fully saturated rings. The molecule has 1 aliphatic rings. The molecule has 1 aromatic heterocycles. The minimum atomic E-state index is -0.361. The van der Waals surface area contributed by atoms with Crippen molar-refractivity contribution in [1.29, 1.82) is 0 Å². The number of carbonyl (C=O) groups is 2. The Morgan fingerprint density at radius 2 is 1.75 bits per heavy atom. The number of nitrogens with zero attached hydrogens (tertiary/aromatic N) is 2. The van der Waals surface area contributed by atoms with Gasteiger partial charge in [-0.3, -0.25) is 9.59 Å². The van der Waals surface area contributed by atoms with Crippen LogP contribution < -0.4 is 0 Å². The van der Waals surface area contributed by atoms with Crippen LogP contribution in [0.1, 0.15) is 37.6 Å². The zero-order valence-corrected chi connectivity index (χ0v) is 12.5. The summed E-state index contributed by atoms with van der Waals surface area (Å²) in [5.74, 6) is 0.199. The standard InChI is InChI=1S/C15H23N3O2/c1-15(2,3)14(20)18-8-4-7-17(9-10-18)13(19)12-5-6-16-11-12/h5-6,11,16H,4,7-10H2,1-3H3. The first-order valence-corrected chi connectivity index (χ1v) is 7.11. The maximum atomic E-state index is 12.3. The number of carbonyl (C=O) groups excluding carboxylic acids is 2. The minimum absolute atomic E-state index is 0.0382. The first-order valence-electron chi connectivity index (χ1n) is 7.11. The van der Waals surface area contributed by atoms with Gasteiger partial charge in [-0.25, -0.2) is 0 Å². The van der Waals surface area contributed by atoms with Gasteiger partial charge in [-0.05, 0) is 12.5 Å². The summed E-state index contributed by atoms with van der Waals surface area (Å²) in [5, 5.41) is 0. The van der Waals surface area contributed by atoms with E-state index >= 15 is 0 Å². The maximum absolute atomic E-state index is 12.3. The summed E-state index contributed by atoms with van der Waals surface area (Å²) in [6, 6.07) is 1.78. The maximum Gasteiger partial charge on any atom is 0.255 e. The van der Waals surface area contributed by atoms with E-state index in [1.165, 1.54) is 0 Å². The van der Waals surface area contributed by atoms with Crippen molar-refractivity contribution < 1.29 is 9.59 Å². The van der Waals surface area contributed by atoms with Crippen LogP contribution in [-0.4, -0.2) is 52.8 Å². The van der Waals surface area contributed by atoms with Crippen molar-refractivity contribution >= 4 is 11.8 Å². The van der Waals surface area contributed by atoms with Gasteiger partial charge in [-0.15, -0.1) is 0 Å². The van der Waals surface area contributed by atoms with Crippen LogP contribution in [0.4, 0.5) is 0 Å². The van der Waals surface area contributed by atoms with E-state index in [1.54, 1.807) is 18.5 Å². The van der Waals surface area contributed by atoms with Crippen LogP contribution in [0, 0.1) is 5.41 Å². The van der Waals surface area contributed by atoms with Gasteiger partial charge in [0, 0.05) is 44.0 Å². The Balaban J connectivity index is 1.99. The summed E-state index contributed by atoms with van der Waals surface area (Å²) < 4.78 is 0. The van der Waals surface area contributed by atoms with Crippen molar-refractivity contribution in [2.45, 2.75) is 27.2 Å². The highest BCUT2D eigenvalue weighted by atomic mass is 16.2. The van der Waals surface area contributed by atoms with Gasteiger partial charge in [-0.2, -0.15) is 0 Å². The quantitative estimate of drug-likeness (QED) is 0.850. The van der Waals surface area contributed by atoms with Crippen LogP contribution >= 0.6 is 0 Å². The molecular formula is C15H23N3O2. The number of H-pyrrole nitrogens is 1. The Hall–Kier alpha value is -1.78. The second-order valence-electron chi connectivity index (χ2n) is 6.29. The second-order valence-corrected chi connectivity index (χ2v) is 6.29. The van der Waals surface area contributed by atoms with Crippen LogP contribution in [0.3, 0.4) is 0 Å². The van der Waals surface area contributed by atoms with Crippen LogP contribution in [-0.2, 0) is 4.79 Å². The molecule has 110 valence electrons. The van der Waals surface area contributed by atoms with E-state index in [4.69, 9.17) is 0 Å². The van der Waals surface area contributed by atoms with Crippen molar-refractivity contribution in [3.05, 3.63) is 24.0 Å².